The van der Waals surface area contributed by atoms with Gasteiger partial charge in [-0.25, -0.2) is 13.2 Å². The van der Waals surface area contributed by atoms with E-state index >= 15 is 0 Å². The molecule has 33 heavy (non-hydrogen) atoms. The summed E-state index contributed by atoms with van der Waals surface area (Å²) in [5, 5.41) is 14.0. The zero-order valence-corrected chi connectivity index (χ0v) is 20.9. The molecule has 1 aliphatic carbocycles. The Kier molecular flexibility index (Phi) is 10.00. The molecular weight excluding hydrogens is 489 g/mol. The zero-order valence-electron chi connectivity index (χ0n) is 18.5. The van der Waals surface area contributed by atoms with E-state index < -0.39 is 21.9 Å². The lowest BCUT2D eigenvalue weighted by Crippen LogP contribution is -2.37. The van der Waals surface area contributed by atoms with E-state index in [4.69, 9.17) is 21.1 Å². The number of hydrogen-bond acceptors (Lipinski definition) is 7. The SMILES string of the molecule is CCOC(=O)COc1ccc2c(c1)C[C@@H](NC[C@@H](O)c1ccc(S(C)(=O)=O)c(Cl)c1)CC2.Cl. The van der Waals surface area contributed by atoms with Gasteiger partial charge in [0.1, 0.15) is 5.75 Å². The summed E-state index contributed by atoms with van der Waals surface area (Å²) < 4.78 is 33.8. The van der Waals surface area contributed by atoms with Crippen molar-refractivity contribution < 1.29 is 27.8 Å². The number of nitrogens with one attached hydrogen (secondary N) is 1. The number of rotatable bonds is 9. The minimum Gasteiger partial charge on any atom is -0.482 e. The summed E-state index contributed by atoms with van der Waals surface area (Å²) in [6.45, 7) is 2.26. The minimum absolute atomic E-state index is 0. The average molecular weight is 518 g/mol. The number of aliphatic hydroxyl groups excluding tert-OH is 1. The Morgan fingerprint density at radius 3 is 2.67 bits per heavy atom. The van der Waals surface area contributed by atoms with E-state index in [0.717, 1.165) is 31.1 Å². The van der Waals surface area contributed by atoms with Gasteiger partial charge in [-0.15, -0.1) is 12.4 Å². The molecule has 0 unspecified atom stereocenters. The van der Waals surface area contributed by atoms with Gasteiger partial charge >= 0.3 is 5.97 Å². The number of benzene rings is 2. The van der Waals surface area contributed by atoms with E-state index in [1.165, 1.54) is 17.7 Å². The van der Waals surface area contributed by atoms with Crippen LogP contribution in [0.3, 0.4) is 0 Å². The van der Waals surface area contributed by atoms with Crippen LogP contribution in [0.25, 0.3) is 0 Å². The van der Waals surface area contributed by atoms with E-state index in [9.17, 15) is 18.3 Å². The smallest absolute Gasteiger partial charge is 0.344 e. The summed E-state index contributed by atoms with van der Waals surface area (Å²) in [4.78, 5) is 11.5. The predicted molar refractivity (Wildman–Crippen MR) is 129 cm³/mol. The third kappa shape index (κ3) is 7.58. The Bertz CT molecular complexity index is 1080. The largest absolute Gasteiger partial charge is 0.482 e. The second-order valence-corrected chi connectivity index (χ2v) is 10.2. The van der Waals surface area contributed by atoms with Crippen LogP contribution in [-0.4, -0.2) is 51.5 Å². The molecule has 2 atom stereocenters. The van der Waals surface area contributed by atoms with Crippen LogP contribution in [0.15, 0.2) is 41.3 Å². The van der Waals surface area contributed by atoms with Gasteiger partial charge in [-0.3, -0.25) is 0 Å². The van der Waals surface area contributed by atoms with Crippen molar-refractivity contribution in [2.45, 2.75) is 43.2 Å². The van der Waals surface area contributed by atoms with Crippen molar-refractivity contribution in [3.05, 3.63) is 58.1 Å². The summed E-state index contributed by atoms with van der Waals surface area (Å²) in [5.74, 6) is 0.224. The number of aliphatic hydroxyl groups is 1. The number of carbonyl (C=O) groups is 1. The van der Waals surface area contributed by atoms with Gasteiger partial charge in [0.25, 0.3) is 0 Å². The van der Waals surface area contributed by atoms with Gasteiger partial charge in [-0.2, -0.15) is 0 Å². The number of hydrogen-bond donors (Lipinski definition) is 2. The van der Waals surface area contributed by atoms with Crippen LogP contribution in [0.1, 0.15) is 36.1 Å². The quantitative estimate of drug-likeness (QED) is 0.492. The second-order valence-electron chi connectivity index (χ2n) is 7.85. The highest BCUT2D eigenvalue weighted by Gasteiger charge is 2.21. The normalized spacial score (nSPS) is 16.3. The van der Waals surface area contributed by atoms with Crippen molar-refractivity contribution in [3.63, 3.8) is 0 Å². The molecule has 2 aromatic carbocycles. The molecule has 10 heteroatoms. The van der Waals surface area contributed by atoms with Gasteiger partial charge in [0.15, 0.2) is 16.4 Å². The third-order valence-corrected chi connectivity index (χ3v) is 6.99. The molecule has 1 aliphatic rings. The number of sulfone groups is 1. The van der Waals surface area contributed by atoms with Crippen LogP contribution in [0.5, 0.6) is 5.75 Å². The molecule has 0 bridgehead atoms. The van der Waals surface area contributed by atoms with E-state index in [2.05, 4.69) is 5.32 Å². The number of aryl methyl sites for hydroxylation is 1. The van der Waals surface area contributed by atoms with E-state index in [-0.39, 0.29) is 35.0 Å². The van der Waals surface area contributed by atoms with Crippen molar-refractivity contribution in [3.8, 4) is 5.75 Å². The molecule has 0 amide bonds. The first-order valence-electron chi connectivity index (χ1n) is 10.5. The number of ether oxygens (including phenoxy) is 2. The van der Waals surface area contributed by atoms with Gasteiger partial charge in [0, 0.05) is 18.8 Å². The molecule has 7 nitrogen and oxygen atoms in total. The lowest BCUT2D eigenvalue weighted by molar-refractivity contribution is -0.145. The van der Waals surface area contributed by atoms with Crippen LogP contribution in [0, 0.1) is 0 Å². The highest BCUT2D eigenvalue weighted by molar-refractivity contribution is 7.90. The second kappa shape index (κ2) is 12.0. The van der Waals surface area contributed by atoms with Gasteiger partial charge in [-0.05, 0) is 67.1 Å². The van der Waals surface area contributed by atoms with Crippen LogP contribution < -0.4 is 10.1 Å². The molecule has 0 aliphatic heterocycles. The minimum atomic E-state index is -3.41. The maximum absolute atomic E-state index is 11.7. The first kappa shape index (κ1) is 27.4. The first-order valence-corrected chi connectivity index (χ1v) is 12.8. The highest BCUT2D eigenvalue weighted by Crippen LogP contribution is 2.27. The number of carbonyl (C=O) groups excluding carboxylic acids is 1. The zero-order chi connectivity index (χ0) is 23.3. The summed E-state index contributed by atoms with van der Waals surface area (Å²) >= 11 is 6.09. The van der Waals surface area contributed by atoms with Crippen LogP contribution in [0.2, 0.25) is 5.02 Å². The topological polar surface area (TPSA) is 102 Å². The fourth-order valence-electron chi connectivity index (χ4n) is 3.76. The molecule has 2 N–H and O–H groups in total. The Hall–Kier alpha value is -1.84. The van der Waals surface area contributed by atoms with Crippen molar-refractivity contribution in [1.29, 1.82) is 0 Å². The molecule has 0 spiro atoms. The molecule has 0 aromatic heterocycles. The monoisotopic (exact) mass is 517 g/mol. The summed E-state index contributed by atoms with van der Waals surface area (Å²) in [6.07, 6.45) is 2.88. The third-order valence-electron chi connectivity index (χ3n) is 5.41. The predicted octanol–water partition coefficient (Wildman–Crippen LogP) is 3.29. The lowest BCUT2D eigenvalue weighted by atomic mass is 9.88. The number of halogens is 2. The van der Waals surface area contributed by atoms with E-state index in [0.29, 0.717) is 24.5 Å². The van der Waals surface area contributed by atoms with Crippen molar-refractivity contribution in [1.82, 2.24) is 5.32 Å². The Labute approximate surface area is 205 Å². The van der Waals surface area contributed by atoms with Gasteiger partial charge in [0.05, 0.1) is 22.6 Å². The molecule has 0 radical (unpaired) electrons. The van der Waals surface area contributed by atoms with E-state index in [1.54, 1.807) is 13.0 Å². The van der Waals surface area contributed by atoms with Gasteiger partial charge in [0.2, 0.25) is 0 Å². The maximum atomic E-state index is 11.7. The highest BCUT2D eigenvalue weighted by atomic mass is 35.5. The van der Waals surface area contributed by atoms with Gasteiger partial charge in [-0.1, -0.05) is 23.7 Å². The Balaban J connectivity index is 0.00000385. The molecule has 3 rings (SSSR count). The van der Waals surface area contributed by atoms with Crippen molar-refractivity contribution in [2.24, 2.45) is 0 Å². The fraction of sp³-hybridized carbons (Fsp3) is 0.435. The van der Waals surface area contributed by atoms with Gasteiger partial charge < -0.3 is 19.9 Å². The average Bonchev–Trinajstić information content (AvgIpc) is 2.75. The molecule has 0 saturated carbocycles. The van der Waals surface area contributed by atoms with Crippen LogP contribution >= 0.6 is 24.0 Å². The van der Waals surface area contributed by atoms with Crippen molar-refractivity contribution in [2.75, 3.05) is 26.0 Å². The Morgan fingerprint density at radius 1 is 1.24 bits per heavy atom. The van der Waals surface area contributed by atoms with Crippen LogP contribution in [-0.2, 0) is 32.2 Å². The van der Waals surface area contributed by atoms with E-state index in [1.807, 2.05) is 18.2 Å². The lowest BCUT2D eigenvalue weighted by Gasteiger charge is -2.27. The molecule has 182 valence electrons. The molecule has 2 aromatic rings. The number of fused-ring (bicyclic) bond motifs is 1. The first-order chi connectivity index (χ1) is 15.2. The summed E-state index contributed by atoms with van der Waals surface area (Å²) in [6, 6.07) is 10.5. The fourth-order valence-corrected chi connectivity index (χ4v) is 5.10. The summed E-state index contributed by atoms with van der Waals surface area (Å²) in [7, 11) is -3.41. The molecule has 0 saturated heterocycles. The number of esters is 1. The molecule has 0 fully saturated rings. The Morgan fingerprint density at radius 2 is 2.00 bits per heavy atom. The van der Waals surface area contributed by atoms with Crippen LogP contribution in [0.4, 0.5) is 0 Å². The molecular formula is C23H29Cl2NO6S. The van der Waals surface area contributed by atoms with Crippen molar-refractivity contribution >= 4 is 39.8 Å². The summed E-state index contributed by atoms with van der Waals surface area (Å²) in [5.41, 5.74) is 2.95. The molecule has 0 heterocycles. The standard InChI is InChI=1S/C23H28ClNO6S.ClH/c1-3-30-23(27)14-31-19-8-5-15-4-7-18(10-17(15)11-19)25-13-21(26)16-6-9-22(20(24)12-16)32(2,28)29;/h5-6,8-9,11-12,18,21,25-26H,3-4,7,10,13-14H2,1-2H3;1H/t18-,21+;/m0./s1. The maximum Gasteiger partial charge on any atom is 0.344 e.